The first-order chi connectivity index (χ1) is 14.4. The van der Waals surface area contributed by atoms with Crippen LogP contribution < -0.4 is 14.4 Å². The Morgan fingerprint density at radius 2 is 1.97 bits per heavy atom. The molecular formula is C22H21BrClNO3S2. The quantitative estimate of drug-likeness (QED) is 0.209. The number of hydrogen-bond donors (Lipinski definition) is 0. The first kappa shape index (κ1) is 23.1. The first-order valence-electron chi connectivity index (χ1n) is 9.57. The molecule has 1 aliphatic rings. The van der Waals surface area contributed by atoms with Crippen LogP contribution >= 0.6 is 51.5 Å². The smallest absolute Gasteiger partial charge is 0.270 e. The minimum Gasteiger partial charge on any atom is -0.490 e. The zero-order chi connectivity index (χ0) is 21.7. The Morgan fingerprint density at radius 3 is 2.67 bits per heavy atom. The van der Waals surface area contributed by atoms with Gasteiger partial charge in [0.05, 0.1) is 28.8 Å². The van der Waals surface area contributed by atoms with Gasteiger partial charge in [-0.25, -0.2) is 0 Å². The van der Waals surface area contributed by atoms with Gasteiger partial charge in [-0.05, 0) is 71.2 Å². The molecule has 0 N–H and O–H groups in total. The predicted molar refractivity (Wildman–Crippen MR) is 133 cm³/mol. The highest BCUT2D eigenvalue weighted by atomic mass is 79.9. The summed E-state index contributed by atoms with van der Waals surface area (Å²) in [5.74, 6) is 1.20. The normalized spacial score (nSPS) is 15.2. The molecule has 8 heteroatoms. The second-order valence-corrected chi connectivity index (χ2v) is 9.39. The molecule has 1 heterocycles. The maximum atomic E-state index is 13.0. The lowest BCUT2D eigenvalue weighted by atomic mass is 10.1. The van der Waals surface area contributed by atoms with E-state index in [0.717, 1.165) is 22.9 Å². The molecule has 4 nitrogen and oxygen atoms in total. The molecule has 1 fully saturated rings. The van der Waals surface area contributed by atoms with Crippen LogP contribution in [0.25, 0.3) is 6.08 Å². The van der Waals surface area contributed by atoms with Crippen molar-refractivity contribution in [3.63, 3.8) is 0 Å². The lowest BCUT2D eigenvalue weighted by molar-refractivity contribution is -0.113. The van der Waals surface area contributed by atoms with Gasteiger partial charge in [-0.3, -0.25) is 9.69 Å². The highest BCUT2D eigenvalue weighted by Gasteiger charge is 2.33. The lowest BCUT2D eigenvalue weighted by Gasteiger charge is -2.15. The second-order valence-electron chi connectivity index (χ2n) is 6.46. The fourth-order valence-electron chi connectivity index (χ4n) is 2.79. The number of thiocarbonyl (C=S) groups is 1. The molecule has 0 atom stereocenters. The summed E-state index contributed by atoms with van der Waals surface area (Å²) in [4.78, 5) is 15.0. The van der Waals surface area contributed by atoms with E-state index in [-0.39, 0.29) is 5.91 Å². The van der Waals surface area contributed by atoms with Crippen LogP contribution in [0.15, 0.2) is 45.8 Å². The third-order valence-corrected chi connectivity index (χ3v) is 6.81. The molecule has 1 amide bonds. The number of hydrogen-bond acceptors (Lipinski definition) is 5. The molecule has 2 aromatic rings. The number of halogens is 2. The summed E-state index contributed by atoms with van der Waals surface area (Å²) in [5.41, 5.74) is 1.49. The van der Waals surface area contributed by atoms with E-state index < -0.39 is 0 Å². The van der Waals surface area contributed by atoms with E-state index in [1.165, 1.54) is 16.7 Å². The standard InChI is InChI=1S/C22H21BrClNO3S2/c1-3-5-10-28-18-9-6-14(11-19(18)27-4-2)12-20-21(26)25(22(29)30-20)15-7-8-16(23)17(24)13-15/h6-9,11-13H,3-5,10H2,1-2H3/b20-12-. The van der Waals surface area contributed by atoms with Crippen molar-refractivity contribution in [2.75, 3.05) is 18.1 Å². The molecule has 158 valence electrons. The van der Waals surface area contributed by atoms with E-state index in [2.05, 4.69) is 22.9 Å². The molecule has 0 spiro atoms. The van der Waals surface area contributed by atoms with Crippen molar-refractivity contribution in [1.29, 1.82) is 0 Å². The van der Waals surface area contributed by atoms with E-state index in [4.69, 9.17) is 33.3 Å². The summed E-state index contributed by atoms with van der Waals surface area (Å²) in [6.07, 6.45) is 3.86. The fraction of sp³-hybridized carbons (Fsp3) is 0.273. The molecule has 3 rings (SSSR count). The average molecular weight is 527 g/mol. The molecule has 0 aromatic heterocycles. The number of amides is 1. The van der Waals surface area contributed by atoms with Gasteiger partial charge in [0, 0.05) is 4.47 Å². The Hall–Kier alpha value is -1.54. The number of rotatable bonds is 8. The van der Waals surface area contributed by atoms with Gasteiger partial charge in [0.2, 0.25) is 0 Å². The minimum atomic E-state index is -0.176. The number of nitrogens with zero attached hydrogens (tertiary/aromatic N) is 1. The fourth-order valence-corrected chi connectivity index (χ4v) is 4.51. The van der Waals surface area contributed by atoms with Crippen LogP contribution in [0.4, 0.5) is 5.69 Å². The maximum absolute atomic E-state index is 13.0. The Labute approximate surface area is 199 Å². The van der Waals surface area contributed by atoms with Crippen LogP contribution in [0.2, 0.25) is 5.02 Å². The SMILES string of the molecule is CCCCOc1ccc(/C=C2\SC(=S)N(c3ccc(Br)c(Cl)c3)C2=O)cc1OCC. The van der Waals surface area contributed by atoms with E-state index in [1.807, 2.05) is 31.2 Å². The number of thioether (sulfide) groups is 1. The van der Waals surface area contributed by atoms with Crippen LogP contribution in [0.5, 0.6) is 11.5 Å². The zero-order valence-electron chi connectivity index (χ0n) is 16.6. The van der Waals surface area contributed by atoms with Crippen LogP contribution in [0, 0.1) is 0 Å². The number of unbranched alkanes of at least 4 members (excludes halogenated alkanes) is 1. The number of carbonyl (C=O) groups is 1. The van der Waals surface area contributed by atoms with Gasteiger partial charge in [-0.2, -0.15) is 0 Å². The summed E-state index contributed by atoms with van der Waals surface area (Å²) in [5, 5.41) is 0.519. The minimum absolute atomic E-state index is 0.176. The summed E-state index contributed by atoms with van der Waals surface area (Å²) < 4.78 is 12.8. The summed E-state index contributed by atoms with van der Waals surface area (Å²) in [7, 11) is 0. The van der Waals surface area contributed by atoms with Crippen molar-refractivity contribution in [3.05, 3.63) is 56.4 Å². The number of carbonyl (C=O) groups excluding carboxylic acids is 1. The van der Waals surface area contributed by atoms with Crippen molar-refractivity contribution in [2.24, 2.45) is 0 Å². The molecule has 0 radical (unpaired) electrons. The number of anilines is 1. The van der Waals surface area contributed by atoms with E-state index in [0.29, 0.717) is 44.6 Å². The van der Waals surface area contributed by atoms with Gasteiger partial charge in [0.25, 0.3) is 5.91 Å². The van der Waals surface area contributed by atoms with Gasteiger partial charge in [-0.15, -0.1) is 0 Å². The number of ether oxygens (including phenoxy) is 2. The Bertz CT molecular complexity index is 996. The highest BCUT2D eigenvalue weighted by molar-refractivity contribution is 9.10. The first-order valence-corrected chi connectivity index (χ1v) is 12.0. The second kappa shape index (κ2) is 10.7. The zero-order valence-corrected chi connectivity index (χ0v) is 20.6. The average Bonchev–Trinajstić information content (AvgIpc) is 2.99. The van der Waals surface area contributed by atoms with E-state index in [1.54, 1.807) is 18.2 Å². The van der Waals surface area contributed by atoms with Gasteiger partial charge in [-0.1, -0.05) is 55.0 Å². The van der Waals surface area contributed by atoms with Crippen LogP contribution in [-0.4, -0.2) is 23.4 Å². The third-order valence-electron chi connectivity index (χ3n) is 4.28. The molecule has 1 saturated heterocycles. The molecule has 0 saturated carbocycles. The van der Waals surface area contributed by atoms with Crippen molar-refractivity contribution < 1.29 is 14.3 Å². The van der Waals surface area contributed by atoms with Gasteiger partial charge < -0.3 is 9.47 Å². The predicted octanol–water partition coefficient (Wildman–Crippen LogP) is 7.09. The molecule has 0 bridgehead atoms. The highest BCUT2D eigenvalue weighted by Crippen LogP contribution is 2.39. The van der Waals surface area contributed by atoms with Crippen molar-refractivity contribution in [2.45, 2.75) is 26.7 Å². The van der Waals surface area contributed by atoms with Crippen molar-refractivity contribution in [1.82, 2.24) is 0 Å². The lowest BCUT2D eigenvalue weighted by Crippen LogP contribution is -2.27. The van der Waals surface area contributed by atoms with E-state index in [9.17, 15) is 4.79 Å². The Balaban J connectivity index is 1.85. The molecule has 1 aliphatic heterocycles. The maximum Gasteiger partial charge on any atom is 0.270 e. The number of benzene rings is 2. The third kappa shape index (κ3) is 5.38. The van der Waals surface area contributed by atoms with Crippen molar-refractivity contribution in [3.8, 4) is 11.5 Å². The van der Waals surface area contributed by atoms with Crippen LogP contribution in [-0.2, 0) is 4.79 Å². The van der Waals surface area contributed by atoms with Gasteiger partial charge >= 0.3 is 0 Å². The Morgan fingerprint density at radius 1 is 1.17 bits per heavy atom. The summed E-state index contributed by atoms with van der Waals surface area (Å²) in [6, 6.07) is 11.0. The van der Waals surface area contributed by atoms with Gasteiger partial charge in [0.15, 0.2) is 15.8 Å². The monoisotopic (exact) mass is 525 g/mol. The topological polar surface area (TPSA) is 38.8 Å². The van der Waals surface area contributed by atoms with Crippen molar-refractivity contribution >= 4 is 73.5 Å². The van der Waals surface area contributed by atoms with Crippen LogP contribution in [0.3, 0.4) is 0 Å². The largest absolute Gasteiger partial charge is 0.490 e. The summed E-state index contributed by atoms with van der Waals surface area (Å²) in [6.45, 7) is 5.22. The van der Waals surface area contributed by atoms with E-state index >= 15 is 0 Å². The molecule has 0 unspecified atom stereocenters. The Kier molecular flexibility index (Phi) is 8.22. The molecular weight excluding hydrogens is 506 g/mol. The summed E-state index contributed by atoms with van der Waals surface area (Å²) >= 11 is 16.3. The van der Waals surface area contributed by atoms with Crippen LogP contribution in [0.1, 0.15) is 32.3 Å². The molecule has 2 aromatic carbocycles. The van der Waals surface area contributed by atoms with Gasteiger partial charge in [0.1, 0.15) is 0 Å². The molecule has 0 aliphatic carbocycles. The molecule has 30 heavy (non-hydrogen) atoms.